The number of rotatable bonds is 1. The van der Waals surface area contributed by atoms with Crippen LogP contribution >= 0.6 is 0 Å². The first-order valence-corrected chi connectivity index (χ1v) is 13.0. The summed E-state index contributed by atoms with van der Waals surface area (Å²) in [6, 6.07) is 55.5. The molecule has 192 valence electrons. The van der Waals surface area contributed by atoms with E-state index in [9.17, 15) is 0 Å². The highest BCUT2D eigenvalue weighted by molar-refractivity contribution is 5.76. The highest BCUT2D eigenvalue weighted by atomic mass is 16.3. The van der Waals surface area contributed by atoms with Crippen molar-refractivity contribution in [2.45, 2.75) is 6.42 Å². The number of hydrogen-bond acceptors (Lipinski definition) is 2. The fourth-order valence-electron chi connectivity index (χ4n) is 4.20. The summed E-state index contributed by atoms with van der Waals surface area (Å²) >= 11 is 0. The number of phenols is 2. The topological polar surface area (TPSA) is 40.5 Å². The lowest BCUT2D eigenvalue weighted by molar-refractivity contribution is 0.475. The maximum Gasteiger partial charge on any atom is 0.115 e. The molecule has 39 heavy (non-hydrogen) atoms. The molecule has 0 fully saturated rings. The molecule has 0 heterocycles. The minimum Gasteiger partial charge on any atom is -0.508 e. The summed E-state index contributed by atoms with van der Waals surface area (Å²) in [4.78, 5) is 0. The van der Waals surface area contributed by atoms with E-state index in [4.69, 9.17) is 10.2 Å². The van der Waals surface area contributed by atoms with Crippen LogP contribution in [-0.2, 0) is 6.42 Å². The molecule has 0 saturated carbocycles. The Hall–Kier alpha value is -5.08. The predicted molar refractivity (Wildman–Crippen MR) is 163 cm³/mol. The largest absolute Gasteiger partial charge is 0.508 e. The Bertz CT molecular complexity index is 1400. The van der Waals surface area contributed by atoms with Crippen LogP contribution in [0.25, 0.3) is 22.3 Å². The molecular weight excluding hydrogens is 476 g/mol. The first-order chi connectivity index (χ1) is 19.2. The molecule has 0 spiro atoms. The van der Waals surface area contributed by atoms with E-state index >= 15 is 0 Å². The van der Waals surface area contributed by atoms with Crippen LogP contribution in [-0.4, -0.2) is 10.2 Å². The Kier molecular flexibility index (Phi) is 10.1. The van der Waals surface area contributed by atoms with E-state index in [-0.39, 0.29) is 0 Å². The second kappa shape index (κ2) is 14.6. The number of aromatic hydroxyl groups is 2. The van der Waals surface area contributed by atoms with Crippen molar-refractivity contribution in [2.24, 2.45) is 0 Å². The summed E-state index contributed by atoms with van der Waals surface area (Å²) in [5.74, 6) is 0.644. The van der Waals surface area contributed by atoms with E-state index in [0.29, 0.717) is 11.5 Å². The number of para-hydroxylation sites is 2. The third kappa shape index (κ3) is 8.48. The lowest BCUT2D eigenvalue weighted by Gasteiger charge is -1.98. The van der Waals surface area contributed by atoms with Crippen LogP contribution in [0.5, 0.6) is 11.5 Å². The van der Waals surface area contributed by atoms with E-state index in [2.05, 4.69) is 97.1 Å². The molecule has 0 amide bonds. The molecule has 0 saturated heterocycles. The second-order valence-corrected chi connectivity index (χ2v) is 8.89. The zero-order chi connectivity index (χ0) is 27.1. The predicted octanol–water partition coefficient (Wildman–Crippen LogP) is 9.40. The molecule has 0 aliphatic heterocycles. The van der Waals surface area contributed by atoms with E-state index in [1.807, 2.05) is 24.3 Å². The highest BCUT2D eigenvalue weighted by Gasteiger charge is 2.15. The molecule has 0 unspecified atom stereocenters. The monoisotopic (exact) mass is 508 g/mol. The number of hydrogen-bond donors (Lipinski definition) is 2. The minimum atomic E-state index is 0.322. The average Bonchev–Trinajstić information content (AvgIpc) is 3.39. The molecule has 0 bridgehead atoms. The standard InChI is InChI=1S/C13H10.C12H10.2C6H6O/c1-3-7-12-10(5-1)9-11-6-2-4-8-13(11)12;1-3-7-11(8-4-1)12-9-5-2-6-10-12;2*7-6-4-2-1-3-5-6/h1-8H,9H2;1-10H;2*1-5,7H. The van der Waals surface area contributed by atoms with Crippen molar-refractivity contribution >= 4 is 0 Å². The molecular formula is C37H32O2. The van der Waals surface area contributed by atoms with Crippen molar-refractivity contribution in [3.05, 3.63) is 181 Å². The minimum absolute atomic E-state index is 0.322. The highest BCUT2D eigenvalue weighted by Crippen LogP contribution is 2.35. The van der Waals surface area contributed by atoms with Gasteiger partial charge in [0, 0.05) is 0 Å². The van der Waals surface area contributed by atoms with Gasteiger partial charge >= 0.3 is 0 Å². The van der Waals surface area contributed by atoms with E-state index < -0.39 is 0 Å². The van der Waals surface area contributed by atoms with Gasteiger partial charge in [-0.1, -0.05) is 146 Å². The second-order valence-electron chi connectivity index (χ2n) is 8.89. The Morgan fingerprint density at radius 1 is 0.308 bits per heavy atom. The van der Waals surface area contributed by atoms with Crippen molar-refractivity contribution in [2.75, 3.05) is 0 Å². The third-order valence-corrected chi connectivity index (χ3v) is 6.10. The van der Waals surface area contributed by atoms with E-state index in [0.717, 1.165) is 6.42 Å². The van der Waals surface area contributed by atoms with E-state index in [1.54, 1.807) is 48.5 Å². The van der Waals surface area contributed by atoms with Crippen LogP contribution in [0.2, 0.25) is 0 Å². The van der Waals surface area contributed by atoms with Gasteiger partial charge in [-0.15, -0.1) is 0 Å². The van der Waals surface area contributed by atoms with E-state index in [1.165, 1.54) is 33.4 Å². The van der Waals surface area contributed by atoms with Crippen LogP contribution < -0.4 is 0 Å². The molecule has 2 nitrogen and oxygen atoms in total. The Labute approximate surface area is 231 Å². The molecule has 6 aromatic rings. The molecule has 7 rings (SSSR count). The van der Waals surface area contributed by atoms with Gasteiger partial charge in [-0.3, -0.25) is 0 Å². The van der Waals surface area contributed by atoms with Gasteiger partial charge in [0.15, 0.2) is 0 Å². The normalized spacial score (nSPS) is 10.2. The third-order valence-electron chi connectivity index (χ3n) is 6.10. The van der Waals surface area contributed by atoms with Crippen LogP contribution in [0, 0.1) is 0 Å². The Morgan fingerprint density at radius 3 is 0.897 bits per heavy atom. The van der Waals surface area contributed by atoms with Gasteiger partial charge < -0.3 is 10.2 Å². The van der Waals surface area contributed by atoms with Crippen LogP contribution in [0.15, 0.2) is 170 Å². The summed E-state index contributed by atoms with van der Waals surface area (Å²) in [6.45, 7) is 0. The number of fused-ring (bicyclic) bond motifs is 3. The summed E-state index contributed by atoms with van der Waals surface area (Å²) in [7, 11) is 0. The lowest BCUT2D eigenvalue weighted by Crippen LogP contribution is -1.77. The fraction of sp³-hybridized carbons (Fsp3) is 0.0270. The van der Waals surface area contributed by atoms with Crippen molar-refractivity contribution in [3.63, 3.8) is 0 Å². The van der Waals surface area contributed by atoms with Gasteiger partial charge in [0.05, 0.1) is 0 Å². The molecule has 0 aromatic heterocycles. The summed E-state index contributed by atoms with van der Waals surface area (Å²) in [6.07, 6.45) is 1.10. The van der Waals surface area contributed by atoms with Gasteiger partial charge in [0.25, 0.3) is 0 Å². The van der Waals surface area contributed by atoms with Gasteiger partial charge in [0.2, 0.25) is 0 Å². The first-order valence-electron chi connectivity index (χ1n) is 13.0. The van der Waals surface area contributed by atoms with Gasteiger partial charge in [0.1, 0.15) is 11.5 Å². The maximum atomic E-state index is 8.63. The van der Waals surface area contributed by atoms with Crippen molar-refractivity contribution in [1.82, 2.24) is 0 Å². The number of phenolic OH excluding ortho intramolecular Hbond substituents is 2. The zero-order valence-corrected chi connectivity index (χ0v) is 21.8. The summed E-state index contributed by atoms with van der Waals surface area (Å²) < 4.78 is 0. The van der Waals surface area contributed by atoms with Crippen LogP contribution in [0.4, 0.5) is 0 Å². The maximum absolute atomic E-state index is 8.63. The smallest absolute Gasteiger partial charge is 0.115 e. The van der Waals surface area contributed by atoms with Gasteiger partial charge in [-0.05, 0) is 64.1 Å². The summed E-state index contributed by atoms with van der Waals surface area (Å²) in [5.41, 5.74) is 8.31. The molecule has 2 heteroatoms. The molecule has 0 radical (unpaired) electrons. The molecule has 2 N–H and O–H groups in total. The number of benzene rings is 6. The van der Waals surface area contributed by atoms with Crippen molar-refractivity contribution in [3.8, 4) is 33.8 Å². The van der Waals surface area contributed by atoms with Crippen molar-refractivity contribution < 1.29 is 10.2 Å². The van der Waals surface area contributed by atoms with Crippen LogP contribution in [0.1, 0.15) is 11.1 Å². The molecule has 1 aliphatic rings. The average molecular weight is 509 g/mol. The zero-order valence-electron chi connectivity index (χ0n) is 21.8. The molecule has 1 aliphatic carbocycles. The molecule has 0 atom stereocenters. The Balaban J connectivity index is 0.000000126. The quantitative estimate of drug-likeness (QED) is 0.232. The Morgan fingerprint density at radius 2 is 0.590 bits per heavy atom. The van der Waals surface area contributed by atoms with Gasteiger partial charge in [-0.2, -0.15) is 0 Å². The van der Waals surface area contributed by atoms with Crippen LogP contribution in [0.3, 0.4) is 0 Å². The van der Waals surface area contributed by atoms with Gasteiger partial charge in [-0.25, -0.2) is 0 Å². The summed E-state index contributed by atoms with van der Waals surface area (Å²) in [5, 5.41) is 17.3. The van der Waals surface area contributed by atoms with Crippen molar-refractivity contribution in [1.29, 1.82) is 0 Å². The SMILES string of the molecule is Oc1ccccc1.Oc1ccccc1.c1ccc(-c2ccccc2)cc1.c1ccc2c(c1)Cc1ccccc1-2. The fourth-order valence-corrected chi connectivity index (χ4v) is 4.20. The molecule has 6 aromatic carbocycles. The lowest BCUT2D eigenvalue weighted by atomic mass is 10.1. The first kappa shape index (κ1) is 27.0.